The molecule has 0 bridgehead atoms. The number of aliphatic hydroxyl groups is 1. The maximum Gasteiger partial charge on any atom is 0.253 e. The lowest BCUT2D eigenvalue weighted by Crippen LogP contribution is -2.32. The highest BCUT2D eigenvalue weighted by Crippen LogP contribution is 2.25. The molecule has 2 atom stereocenters. The Bertz CT molecular complexity index is 663. The van der Waals surface area contributed by atoms with E-state index in [-0.39, 0.29) is 17.9 Å². The molecule has 1 aliphatic rings. The molecule has 1 saturated carbocycles. The Kier molecular flexibility index (Phi) is 4.31. The maximum atomic E-state index is 12.4. The van der Waals surface area contributed by atoms with Crippen molar-refractivity contribution in [2.24, 2.45) is 5.92 Å². The van der Waals surface area contributed by atoms with Crippen LogP contribution in [0, 0.1) is 19.8 Å². The second-order valence-corrected chi connectivity index (χ2v) is 6.78. The molecule has 2 aromatic heterocycles. The van der Waals surface area contributed by atoms with Gasteiger partial charge in [0, 0.05) is 35.4 Å². The number of carbonyl (C=O) groups is 1. The topological polar surface area (TPSA) is 67.2 Å². The Morgan fingerprint density at radius 1 is 1.50 bits per heavy atom. The molecular formula is C16H21N3O2S. The highest BCUT2D eigenvalue weighted by atomic mass is 32.1. The van der Waals surface area contributed by atoms with Crippen LogP contribution in [-0.2, 0) is 0 Å². The molecule has 1 aliphatic carbocycles. The first-order valence-corrected chi connectivity index (χ1v) is 8.51. The molecule has 0 aromatic carbocycles. The van der Waals surface area contributed by atoms with Crippen LogP contribution in [0.5, 0.6) is 0 Å². The molecular weight excluding hydrogens is 298 g/mol. The summed E-state index contributed by atoms with van der Waals surface area (Å²) < 4.78 is 2.00. The van der Waals surface area contributed by atoms with Gasteiger partial charge in [-0.05, 0) is 32.8 Å². The summed E-state index contributed by atoms with van der Waals surface area (Å²) in [7, 11) is 0. The average molecular weight is 319 g/mol. The fourth-order valence-corrected chi connectivity index (χ4v) is 3.94. The van der Waals surface area contributed by atoms with Crippen LogP contribution in [0.1, 0.15) is 41.0 Å². The van der Waals surface area contributed by atoms with Crippen molar-refractivity contribution < 1.29 is 9.90 Å². The van der Waals surface area contributed by atoms with E-state index >= 15 is 0 Å². The number of rotatable bonds is 4. The Morgan fingerprint density at radius 2 is 2.32 bits per heavy atom. The molecule has 1 amide bonds. The van der Waals surface area contributed by atoms with Gasteiger partial charge in [0.15, 0.2) is 5.13 Å². The SMILES string of the molecule is Cc1cc(C(=O)NCC2CCCC2O)c(C)n1-c1nccs1. The molecule has 22 heavy (non-hydrogen) atoms. The van der Waals surface area contributed by atoms with Gasteiger partial charge in [0.05, 0.1) is 11.7 Å². The fourth-order valence-electron chi connectivity index (χ4n) is 3.19. The Labute approximate surface area is 134 Å². The quantitative estimate of drug-likeness (QED) is 0.909. The first-order chi connectivity index (χ1) is 10.6. The van der Waals surface area contributed by atoms with Gasteiger partial charge in [0.1, 0.15) is 0 Å². The van der Waals surface area contributed by atoms with Crippen molar-refractivity contribution in [1.82, 2.24) is 14.9 Å². The van der Waals surface area contributed by atoms with Crippen LogP contribution in [0.2, 0.25) is 0 Å². The summed E-state index contributed by atoms with van der Waals surface area (Å²) in [6, 6.07) is 1.90. The Hall–Kier alpha value is -1.66. The lowest BCUT2D eigenvalue weighted by atomic mass is 10.1. The van der Waals surface area contributed by atoms with Crippen molar-refractivity contribution in [3.05, 3.63) is 34.6 Å². The summed E-state index contributed by atoms with van der Waals surface area (Å²) in [6.45, 7) is 4.46. The monoisotopic (exact) mass is 319 g/mol. The highest BCUT2D eigenvalue weighted by Gasteiger charge is 2.26. The summed E-state index contributed by atoms with van der Waals surface area (Å²) in [5.41, 5.74) is 2.58. The predicted octanol–water partition coefficient (Wildman–Crippen LogP) is 2.44. The number of nitrogens with zero attached hydrogens (tertiary/aromatic N) is 2. The number of aromatic nitrogens is 2. The van der Waals surface area contributed by atoms with Crippen LogP contribution >= 0.6 is 11.3 Å². The molecule has 0 spiro atoms. The first-order valence-electron chi connectivity index (χ1n) is 7.63. The third-order valence-corrected chi connectivity index (χ3v) is 5.19. The van der Waals surface area contributed by atoms with Gasteiger partial charge in [-0.25, -0.2) is 4.98 Å². The lowest BCUT2D eigenvalue weighted by molar-refractivity contribution is 0.0916. The van der Waals surface area contributed by atoms with Gasteiger partial charge in [-0.2, -0.15) is 0 Å². The van der Waals surface area contributed by atoms with Crippen molar-refractivity contribution in [2.45, 2.75) is 39.2 Å². The van der Waals surface area contributed by atoms with E-state index in [4.69, 9.17) is 0 Å². The van der Waals surface area contributed by atoms with E-state index in [1.807, 2.05) is 29.9 Å². The number of nitrogens with one attached hydrogen (secondary N) is 1. The highest BCUT2D eigenvalue weighted by molar-refractivity contribution is 7.12. The summed E-state index contributed by atoms with van der Waals surface area (Å²) >= 11 is 1.55. The number of thiazole rings is 1. The fraction of sp³-hybridized carbons (Fsp3) is 0.500. The van der Waals surface area contributed by atoms with E-state index < -0.39 is 0 Å². The summed E-state index contributed by atoms with van der Waals surface area (Å²) in [5, 5.41) is 15.6. The second-order valence-electron chi connectivity index (χ2n) is 5.90. The van der Waals surface area contributed by atoms with E-state index in [0.29, 0.717) is 12.1 Å². The van der Waals surface area contributed by atoms with E-state index in [2.05, 4.69) is 10.3 Å². The molecule has 2 unspecified atom stereocenters. The number of amides is 1. The second kappa shape index (κ2) is 6.22. The van der Waals surface area contributed by atoms with E-state index in [1.54, 1.807) is 17.5 Å². The van der Waals surface area contributed by atoms with Gasteiger partial charge in [0.25, 0.3) is 5.91 Å². The van der Waals surface area contributed by atoms with Gasteiger partial charge in [-0.3, -0.25) is 9.36 Å². The molecule has 0 saturated heterocycles. The molecule has 2 N–H and O–H groups in total. The van der Waals surface area contributed by atoms with Gasteiger partial charge in [-0.15, -0.1) is 11.3 Å². The predicted molar refractivity (Wildman–Crippen MR) is 86.6 cm³/mol. The van der Waals surface area contributed by atoms with Gasteiger partial charge in [-0.1, -0.05) is 6.42 Å². The molecule has 2 aromatic rings. The van der Waals surface area contributed by atoms with Crippen molar-refractivity contribution in [3.63, 3.8) is 0 Å². The zero-order valence-electron chi connectivity index (χ0n) is 12.9. The van der Waals surface area contributed by atoms with Crippen LogP contribution < -0.4 is 5.32 Å². The number of hydrogen-bond acceptors (Lipinski definition) is 4. The third-order valence-electron chi connectivity index (χ3n) is 4.43. The van der Waals surface area contributed by atoms with Crippen LogP contribution in [0.25, 0.3) is 5.13 Å². The van der Waals surface area contributed by atoms with Crippen molar-refractivity contribution in [1.29, 1.82) is 0 Å². The van der Waals surface area contributed by atoms with Crippen molar-refractivity contribution >= 4 is 17.2 Å². The molecule has 3 rings (SSSR count). The van der Waals surface area contributed by atoms with Gasteiger partial charge < -0.3 is 10.4 Å². The number of aliphatic hydroxyl groups excluding tert-OH is 1. The molecule has 0 aliphatic heterocycles. The third kappa shape index (κ3) is 2.80. The standard InChI is InChI=1S/C16H21N3O2S/c1-10-8-13(11(2)19(10)16-17-6-7-22-16)15(21)18-9-12-4-3-5-14(12)20/h6-8,12,14,20H,3-5,9H2,1-2H3,(H,18,21). The van der Waals surface area contributed by atoms with E-state index in [0.717, 1.165) is 35.8 Å². The summed E-state index contributed by atoms with van der Waals surface area (Å²) in [5.74, 6) is 0.112. The minimum Gasteiger partial charge on any atom is -0.393 e. The largest absolute Gasteiger partial charge is 0.393 e. The molecule has 1 fully saturated rings. The maximum absolute atomic E-state index is 12.4. The van der Waals surface area contributed by atoms with Crippen LogP contribution in [-0.4, -0.2) is 33.2 Å². The molecule has 2 heterocycles. The van der Waals surface area contributed by atoms with Gasteiger partial charge >= 0.3 is 0 Å². The molecule has 6 heteroatoms. The Balaban J connectivity index is 1.74. The summed E-state index contributed by atoms with van der Waals surface area (Å²) in [6.07, 6.45) is 4.36. The van der Waals surface area contributed by atoms with Crippen LogP contribution in [0.4, 0.5) is 0 Å². The van der Waals surface area contributed by atoms with Gasteiger partial charge in [0.2, 0.25) is 0 Å². The molecule has 118 valence electrons. The number of carbonyl (C=O) groups excluding carboxylic acids is 1. The minimum atomic E-state index is -0.275. The number of aryl methyl sites for hydroxylation is 1. The van der Waals surface area contributed by atoms with Crippen LogP contribution in [0.15, 0.2) is 17.6 Å². The van der Waals surface area contributed by atoms with Crippen LogP contribution in [0.3, 0.4) is 0 Å². The zero-order valence-corrected chi connectivity index (χ0v) is 13.7. The normalized spacial score (nSPS) is 21.2. The first kappa shape index (κ1) is 15.2. The summed E-state index contributed by atoms with van der Waals surface area (Å²) in [4.78, 5) is 16.8. The molecule has 0 radical (unpaired) electrons. The van der Waals surface area contributed by atoms with E-state index in [9.17, 15) is 9.90 Å². The smallest absolute Gasteiger partial charge is 0.253 e. The Morgan fingerprint density at radius 3 is 2.95 bits per heavy atom. The van der Waals surface area contributed by atoms with E-state index in [1.165, 1.54) is 0 Å². The van der Waals surface area contributed by atoms with Crippen molar-refractivity contribution in [3.8, 4) is 5.13 Å². The lowest BCUT2D eigenvalue weighted by Gasteiger charge is -2.15. The average Bonchev–Trinajstić information content (AvgIpc) is 3.18. The minimum absolute atomic E-state index is 0.0741. The molecule has 5 nitrogen and oxygen atoms in total. The number of hydrogen-bond donors (Lipinski definition) is 2. The van der Waals surface area contributed by atoms with Crippen molar-refractivity contribution in [2.75, 3.05) is 6.54 Å². The zero-order chi connectivity index (χ0) is 15.7.